The van der Waals surface area contributed by atoms with E-state index in [0.29, 0.717) is 17.0 Å². The molecule has 1 saturated heterocycles. The Morgan fingerprint density at radius 1 is 1.53 bits per heavy atom. The number of benzene rings is 1. The molecule has 1 unspecified atom stereocenters. The predicted molar refractivity (Wildman–Crippen MR) is 73.8 cm³/mol. The molecule has 0 saturated carbocycles. The van der Waals surface area contributed by atoms with E-state index in [9.17, 15) is 9.59 Å². The van der Waals surface area contributed by atoms with Crippen LogP contribution in [-0.4, -0.2) is 34.7 Å². The number of para-hydroxylation sites is 1. The van der Waals surface area contributed by atoms with Gasteiger partial charge in [0.1, 0.15) is 12.6 Å². The lowest BCUT2D eigenvalue weighted by atomic mass is 10.1. The average molecular weight is 276 g/mol. The van der Waals surface area contributed by atoms with E-state index in [1.807, 2.05) is 0 Å². The minimum atomic E-state index is -0.517. The fourth-order valence-electron chi connectivity index (χ4n) is 1.58. The van der Waals surface area contributed by atoms with Crippen LogP contribution in [0.2, 0.25) is 0 Å². The molecule has 1 aliphatic heterocycles. The van der Waals surface area contributed by atoms with Crippen LogP contribution in [0.25, 0.3) is 0 Å². The second-order valence-electron chi connectivity index (χ2n) is 3.79. The Balaban J connectivity index is 2.10. The van der Waals surface area contributed by atoms with Gasteiger partial charge in [-0.15, -0.1) is 0 Å². The number of aliphatic hydroxyl groups is 1. The Morgan fingerprint density at radius 3 is 3.00 bits per heavy atom. The third-order valence-electron chi connectivity index (χ3n) is 2.48. The van der Waals surface area contributed by atoms with Crippen molar-refractivity contribution in [3.8, 4) is 11.8 Å². The molecule has 1 heterocycles. The highest BCUT2D eigenvalue weighted by Gasteiger charge is 2.28. The summed E-state index contributed by atoms with van der Waals surface area (Å²) in [4.78, 5) is 23.0. The number of aliphatic hydroxyl groups excluding tert-OH is 1. The second-order valence-corrected chi connectivity index (χ2v) is 4.78. The predicted octanol–water partition coefficient (Wildman–Crippen LogP) is 0.794. The van der Waals surface area contributed by atoms with Gasteiger partial charge in [0, 0.05) is 11.3 Å². The van der Waals surface area contributed by atoms with Gasteiger partial charge < -0.3 is 15.7 Å². The molecule has 1 aliphatic rings. The van der Waals surface area contributed by atoms with E-state index in [-0.39, 0.29) is 17.8 Å². The highest BCUT2D eigenvalue weighted by Crippen LogP contribution is 2.17. The smallest absolute Gasteiger partial charge is 0.279 e. The third-order valence-corrected chi connectivity index (χ3v) is 3.36. The summed E-state index contributed by atoms with van der Waals surface area (Å²) in [5, 5.41) is 13.8. The summed E-state index contributed by atoms with van der Waals surface area (Å²) >= 11 is 1.09. The summed E-state index contributed by atoms with van der Waals surface area (Å²) < 4.78 is 0. The number of anilines is 1. The average Bonchev–Trinajstić information content (AvgIpc) is 2.84. The van der Waals surface area contributed by atoms with Crippen molar-refractivity contribution in [2.75, 3.05) is 17.7 Å². The fraction of sp³-hybridized carbons (Fsp3) is 0.231. The van der Waals surface area contributed by atoms with E-state index in [2.05, 4.69) is 22.5 Å². The number of amides is 2. The molecule has 1 fully saturated rings. The van der Waals surface area contributed by atoms with Gasteiger partial charge >= 0.3 is 0 Å². The standard InChI is InChI=1S/C13H12N2O3S/c16-7-3-5-9-4-1-2-6-10(9)14-12(17)11-8-19-13(18)15-11/h1-2,4,6,11,16H,7-8H2,(H,14,17)(H,15,18). The maximum absolute atomic E-state index is 11.9. The molecule has 0 spiro atoms. The summed E-state index contributed by atoms with van der Waals surface area (Å²) in [6.45, 7) is -0.238. The van der Waals surface area contributed by atoms with E-state index < -0.39 is 6.04 Å². The number of hydrogen-bond acceptors (Lipinski definition) is 4. The van der Waals surface area contributed by atoms with Gasteiger partial charge in [0.25, 0.3) is 5.24 Å². The van der Waals surface area contributed by atoms with Crippen molar-refractivity contribution in [3.05, 3.63) is 29.8 Å². The van der Waals surface area contributed by atoms with Gasteiger partial charge in [0.15, 0.2) is 0 Å². The van der Waals surface area contributed by atoms with Crippen LogP contribution in [0.3, 0.4) is 0 Å². The third kappa shape index (κ3) is 3.50. The Kier molecular flexibility index (Phi) is 4.44. The second kappa shape index (κ2) is 6.27. The van der Waals surface area contributed by atoms with Gasteiger partial charge in [-0.3, -0.25) is 9.59 Å². The number of carbonyl (C=O) groups excluding carboxylic acids is 2. The summed E-state index contributed by atoms with van der Waals surface area (Å²) in [6, 6.07) is 6.53. The quantitative estimate of drug-likeness (QED) is 0.698. The summed E-state index contributed by atoms with van der Waals surface area (Å²) in [7, 11) is 0. The topological polar surface area (TPSA) is 78.4 Å². The number of nitrogens with one attached hydrogen (secondary N) is 2. The molecule has 19 heavy (non-hydrogen) atoms. The highest BCUT2D eigenvalue weighted by molar-refractivity contribution is 8.14. The molecule has 0 aliphatic carbocycles. The maximum atomic E-state index is 11.9. The van der Waals surface area contributed by atoms with Crippen molar-refractivity contribution in [2.45, 2.75) is 6.04 Å². The zero-order valence-corrected chi connectivity index (χ0v) is 10.8. The van der Waals surface area contributed by atoms with Crippen LogP contribution in [-0.2, 0) is 4.79 Å². The number of thioether (sulfide) groups is 1. The molecule has 3 N–H and O–H groups in total. The number of hydrogen-bond donors (Lipinski definition) is 3. The van der Waals surface area contributed by atoms with Gasteiger partial charge in [-0.2, -0.15) is 0 Å². The van der Waals surface area contributed by atoms with Crippen LogP contribution in [0.1, 0.15) is 5.56 Å². The molecule has 0 bridgehead atoms. The molecule has 1 aromatic rings. The molecule has 1 atom stereocenters. The van der Waals surface area contributed by atoms with Crippen LogP contribution in [0, 0.1) is 11.8 Å². The van der Waals surface area contributed by atoms with Crippen LogP contribution in [0.4, 0.5) is 10.5 Å². The van der Waals surface area contributed by atoms with Crippen molar-refractivity contribution in [1.29, 1.82) is 0 Å². The summed E-state index contributed by atoms with van der Waals surface area (Å²) in [6.07, 6.45) is 0. The first-order chi connectivity index (χ1) is 9.20. The molecule has 0 radical (unpaired) electrons. The lowest BCUT2D eigenvalue weighted by Gasteiger charge is -2.11. The van der Waals surface area contributed by atoms with Crippen molar-refractivity contribution in [3.63, 3.8) is 0 Å². The largest absolute Gasteiger partial charge is 0.384 e. The molecule has 6 heteroatoms. The zero-order chi connectivity index (χ0) is 13.7. The molecule has 5 nitrogen and oxygen atoms in total. The van der Waals surface area contributed by atoms with E-state index >= 15 is 0 Å². The first kappa shape index (κ1) is 13.5. The van der Waals surface area contributed by atoms with Crippen LogP contribution < -0.4 is 10.6 Å². The summed E-state index contributed by atoms with van der Waals surface area (Å²) in [5.74, 6) is 5.45. The molecule has 2 rings (SSSR count). The monoisotopic (exact) mass is 276 g/mol. The Bertz CT molecular complexity index is 562. The molecule has 0 aromatic heterocycles. The first-order valence-corrected chi connectivity index (χ1v) is 6.62. The van der Waals surface area contributed by atoms with Crippen LogP contribution in [0.5, 0.6) is 0 Å². The van der Waals surface area contributed by atoms with Crippen LogP contribution >= 0.6 is 11.8 Å². The molecular formula is C13H12N2O3S. The van der Waals surface area contributed by atoms with E-state index in [0.717, 1.165) is 11.8 Å². The van der Waals surface area contributed by atoms with E-state index in [1.54, 1.807) is 24.3 Å². The number of rotatable bonds is 2. The minimum Gasteiger partial charge on any atom is -0.384 e. The number of carbonyl (C=O) groups is 2. The Morgan fingerprint density at radius 2 is 2.32 bits per heavy atom. The van der Waals surface area contributed by atoms with E-state index in [4.69, 9.17) is 5.11 Å². The van der Waals surface area contributed by atoms with Gasteiger partial charge in [-0.05, 0) is 12.1 Å². The van der Waals surface area contributed by atoms with Gasteiger partial charge in [-0.1, -0.05) is 35.7 Å². The van der Waals surface area contributed by atoms with Crippen LogP contribution in [0.15, 0.2) is 24.3 Å². The van der Waals surface area contributed by atoms with Crippen molar-refractivity contribution >= 4 is 28.6 Å². The van der Waals surface area contributed by atoms with Crippen molar-refractivity contribution in [2.24, 2.45) is 0 Å². The molecule has 2 amide bonds. The van der Waals surface area contributed by atoms with E-state index in [1.165, 1.54) is 0 Å². The first-order valence-electron chi connectivity index (χ1n) is 5.63. The van der Waals surface area contributed by atoms with Gasteiger partial charge in [0.2, 0.25) is 5.91 Å². The van der Waals surface area contributed by atoms with Crippen molar-refractivity contribution < 1.29 is 14.7 Å². The van der Waals surface area contributed by atoms with Crippen molar-refractivity contribution in [1.82, 2.24) is 5.32 Å². The Labute approximate surface area is 114 Å². The molecule has 1 aromatic carbocycles. The van der Waals surface area contributed by atoms with Gasteiger partial charge in [0.05, 0.1) is 5.69 Å². The highest BCUT2D eigenvalue weighted by atomic mass is 32.2. The SMILES string of the molecule is O=C1NC(C(=O)Nc2ccccc2C#CCO)CS1. The maximum Gasteiger partial charge on any atom is 0.279 e. The van der Waals surface area contributed by atoms with Gasteiger partial charge in [-0.25, -0.2) is 0 Å². The zero-order valence-electron chi connectivity index (χ0n) is 9.97. The fourth-order valence-corrected chi connectivity index (χ4v) is 2.36. The lowest BCUT2D eigenvalue weighted by Crippen LogP contribution is -2.38. The Hall–Kier alpha value is -1.97. The lowest BCUT2D eigenvalue weighted by molar-refractivity contribution is -0.117. The summed E-state index contributed by atoms with van der Waals surface area (Å²) in [5.41, 5.74) is 1.20. The normalized spacial score (nSPS) is 17.3. The molecular weight excluding hydrogens is 264 g/mol. The minimum absolute atomic E-state index is 0.187. The molecule has 98 valence electrons.